The zero-order valence-electron chi connectivity index (χ0n) is 10.2. The monoisotopic (exact) mass is 253 g/mol. The molecule has 0 spiro atoms. The van der Waals surface area contributed by atoms with Crippen molar-refractivity contribution in [1.82, 2.24) is 10.2 Å². The molecule has 6 nitrogen and oxygen atoms in total. The molecule has 0 aliphatic heterocycles. The molecule has 0 atom stereocenters. The van der Waals surface area contributed by atoms with Crippen molar-refractivity contribution >= 4 is 17.4 Å². The summed E-state index contributed by atoms with van der Waals surface area (Å²) >= 11 is 0. The second-order valence-corrected chi connectivity index (χ2v) is 3.70. The van der Waals surface area contributed by atoms with Gasteiger partial charge in [0.15, 0.2) is 5.69 Å². The van der Waals surface area contributed by atoms with Gasteiger partial charge in [-0.05, 0) is 30.3 Å². The lowest BCUT2D eigenvalue weighted by Crippen LogP contribution is -2.14. The molecule has 1 amide bonds. The van der Waals surface area contributed by atoms with Crippen molar-refractivity contribution in [2.24, 2.45) is 0 Å². The smallest absolute Gasteiger partial charge is 0.276 e. The molecule has 0 aliphatic carbocycles. The van der Waals surface area contributed by atoms with Crippen LogP contribution in [0.2, 0.25) is 0 Å². The molecule has 6 heteroatoms. The fourth-order valence-corrected chi connectivity index (χ4v) is 1.45. The molecule has 0 radical (unpaired) electrons. The highest BCUT2D eigenvalue weighted by Gasteiger charge is 2.08. The summed E-state index contributed by atoms with van der Waals surface area (Å²) in [6.07, 6.45) is 0. The second kappa shape index (κ2) is 5.60. The van der Waals surface area contributed by atoms with Gasteiger partial charge >= 0.3 is 0 Å². The Morgan fingerprint density at radius 2 is 2.11 bits per heavy atom. The molecule has 1 aromatic heterocycles. The molecule has 1 aromatic carbocycles. The number of rotatable bonds is 3. The van der Waals surface area contributed by atoms with Crippen LogP contribution < -0.4 is 10.6 Å². The Hall–Kier alpha value is -2.94. The van der Waals surface area contributed by atoms with Gasteiger partial charge in [0, 0.05) is 12.7 Å². The maximum atomic E-state index is 11.9. The number of aromatic nitrogens is 2. The van der Waals surface area contributed by atoms with Gasteiger partial charge in [-0.25, -0.2) is 0 Å². The van der Waals surface area contributed by atoms with E-state index in [1.807, 2.05) is 6.07 Å². The zero-order valence-corrected chi connectivity index (χ0v) is 10.2. The Morgan fingerprint density at radius 1 is 1.26 bits per heavy atom. The van der Waals surface area contributed by atoms with Crippen molar-refractivity contribution in [2.45, 2.75) is 0 Å². The topological polar surface area (TPSA) is 90.7 Å². The highest BCUT2D eigenvalue weighted by molar-refractivity contribution is 6.02. The average Bonchev–Trinajstić information content (AvgIpc) is 2.47. The summed E-state index contributed by atoms with van der Waals surface area (Å²) in [5, 5.41) is 21.9. The van der Waals surface area contributed by atoms with E-state index in [0.717, 1.165) is 0 Å². The van der Waals surface area contributed by atoms with Crippen molar-refractivity contribution < 1.29 is 4.79 Å². The third-order valence-corrected chi connectivity index (χ3v) is 2.40. The van der Waals surface area contributed by atoms with E-state index < -0.39 is 0 Å². The molecule has 1 heterocycles. The Kier molecular flexibility index (Phi) is 3.69. The number of nitrogens with one attached hydrogen (secondary N) is 2. The van der Waals surface area contributed by atoms with E-state index in [-0.39, 0.29) is 11.6 Å². The number of carbonyl (C=O) groups excluding carboxylic acids is 1. The minimum atomic E-state index is -0.370. The summed E-state index contributed by atoms with van der Waals surface area (Å²) in [6.45, 7) is 0. The minimum absolute atomic E-state index is 0.210. The Balaban J connectivity index is 2.13. The van der Waals surface area contributed by atoms with Gasteiger partial charge in [-0.1, -0.05) is 6.07 Å². The minimum Gasteiger partial charge on any atom is -0.372 e. The quantitative estimate of drug-likeness (QED) is 0.867. The number of hydrogen-bond acceptors (Lipinski definition) is 5. The van der Waals surface area contributed by atoms with Crippen LogP contribution in [-0.2, 0) is 0 Å². The number of nitriles is 1. The standard InChI is InChI=1S/C13H11N5O/c1-15-12-6-5-11(17-18-12)13(19)16-10-4-2-3-9(7-10)8-14/h2-7H,1H3,(H,15,18)(H,16,19). The first kappa shape index (κ1) is 12.5. The summed E-state index contributed by atoms with van der Waals surface area (Å²) < 4.78 is 0. The van der Waals surface area contributed by atoms with Crippen molar-refractivity contribution in [1.29, 1.82) is 5.26 Å². The lowest BCUT2D eigenvalue weighted by Gasteiger charge is -2.04. The summed E-state index contributed by atoms with van der Waals surface area (Å²) in [7, 11) is 1.72. The largest absolute Gasteiger partial charge is 0.372 e. The van der Waals surface area contributed by atoms with E-state index >= 15 is 0 Å². The van der Waals surface area contributed by atoms with E-state index in [2.05, 4.69) is 20.8 Å². The van der Waals surface area contributed by atoms with Crippen LogP contribution in [0.1, 0.15) is 16.1 Å². The Morgan fingerprint density at radius 3 is 2.74 bits per heavy atom. The third kappa shape index (κ3) is 3.04. The first-order valence-corrected chi connectivity index (χ1v) is 5.56. The van der Waals surface area contributed by atoms with Crippen molar-refractivity contribution in [3.05, 3.63) is 47.7 Å². The first-order chi connectivity index (χ1) is 9.22. The van der Waals surface area contributed by atoms with E-state index in [9.17, 15) is 4.79 Å². The van der Waals surface area contributed by atoms with Crippen LogP contribution in [0.25, 0.3) is 0 Å². The van der Waals surface area contributed by atoms with Gasteiger partial charge in [0.2, 0.25) is 0 Å². The van der Waals surface area contributed by atoms with E-state index in [1.165, 1.54) is 0 Å². The van der Waals surface area contributed by atoms with Crippen LogP contribution in [-0.4, -0.2) is 23.2 Å². The van der Waals surface area contributed by atoms with Crippen LogP contribution in [0.15, 0.2) is 36.4 Å². The zero-order chi connectivity index (χ0) is 13.7. The predicted octanol–water partition coefficient (Wildman–Crippen LogP) is 1.64. The summed E-state index contributed by atoms with van der Waals surface area (Å²) in [5.41, 5.74) is 1.24. The maximum absolute atomic E-state index is 11.9. The highest BCUT2D eigenvalue weighted by atomic mass is 16.1. The maximum Gasteiger partial charge on any atom is 0.276 e. The summed E-state index contributed by atoms with van der Waals surface area (Å²) in [4.78, 5) is 11.9. The van der Waals surface area contributed by atoms with Gasteiger partial charge in [-0.2, -0.15) is 5.26 Å². The fourth-order valence-electron chi connectivity index (χ4n) is 1.45. The van der Waals surface area contributed by atoms with Gasteiger partial charge < -0.3 is 10.6 Å². The summed E-state index contributed by atoms with van der Waals surface area (Å²) in [5.74, 6) is 0.216. The van der Waals surface area contributed by atoms with Crippen LogP contribution in [0.4, 0.5) is 11.5 Å². The number of benzene rings is 1. The molecule has 2 rings (SSSR count). The third-order valence-electron chi connectivity index (χ3n) is 2.40. The number of carbonyl (C=O) groups is 1. The molecule has 0 bridgehead atoms. The fraction of sp³-hybridized carbons (Fsp3) is 0.0769. The number of nitrogens with zero attached hydrogens (tertiary/aromatic N) is 3. The van der Waals surface area contributed by atoms with E-state index in [4.69, 9.17) is 5.26 Å². The normalized spacial score (nSPS) is 9.47. The molecule has 2 aromatic rings. The van der Waals surface area contributed by atoms with E-state index in [1.54, 1.807) is 43.4 Å². The van der Waals surface area contributed by atoms with Crippen LogP contribution in [0, 0.1) is 11.3 Å². The Bertz CT molecular complexity index is 630. The second-order valence-electron chi connectivity index (χ2n) is 3.70. The average molecular weight is 253 g/mol. The molecule has 94 valence electrons. The van der Waals surface area contributed by atoms with Gasteiger partial charge in [-0.15, -0.1) is 10.2 Å². The number of anilines is 2. The predicted molar refractivity (Wildman–Crippen MR) is 70.7 cm³/mol. The summed E-state index contributed by atoms with van der Waals surface area (Å²) in [6, 6.07) is 11.9. The first-order valence-electron chi connectivity index (χ1n) is 5.56. The van der Waals surface area contributed by atoms with Gasteiger partial charge in [0.05, 0.1) is 11.6 Å². The molecule has 19 heavy (non-hydrogen) atoms. The van der Waals surface area contributed by atoms with Crippen LogP contribution in [0.5, 0.6) is 0 Å². The lowest BCUT2D eigenvalue weighted by molar-refractivity contribution is 0.102. The SMILES string of the molecule is CNc1ccc(C(=O)Nc2cccc(C#N)c2)nn1. The van der Waals surface area contributed by atoms with Crippen LogP contribution in [0.3, 0.4) is 0 Å². The molecule has 0 saturated carbocycles. The Labute approximate surface area is 110 Å². The number of amides is 1. The van der Waals surface area contributed by atoms with Crippen LogP contribution >= 0.6 is 0 Å². The van der Waals surface area contributed by atoms with Crippen molar-refractivity contribution in [2.75, 3.05) is 17.7 Å². The molecule has 0 unspecified atom stereocenters. The highest BCUT2D eigenvalue weighted by Crippen LogP contribution is 2.11. The van der Waals surface area contributed by atoms with Gasteiger partial charge in [0.1, 0.15) is 5.82 Å². The number of hydrogen-bond donors (Lipinski definition) is 2. The van der Waals surface area contributed by atoms with Crippen molar-refractivity contribution in [3.8, 4) is 6.07 Å². The molecular weight excluding hydrogens is 242 g/mol. The lowest BCUT2D eigenvalue weighted by atomic mass is 10.2. The van der Waals surface area contributed by atoms with E-state index in [0.29, 0.717) is 17.1 Å². The van der Waals surface area contributed by atoms with Crippen molar-refractivity contribution in [3.63, 3.8) is 0 Å². The molecule has 0 saturated heterocycles. The van der Waals surface area contributed by atoms with Gasteiger partial charge in [-0.3, -0.25) is 4.79 Å². The molecule has 0 aliphatic rings. The molecular formula is C13H11N5O. The van der Waals surface area contributed by atoms with Gasteiger partial charge in [0.25, 0.3) is 5.91 Å². The molecule has 0 fully saturated rings. The molecule has 2 N–H and O–H groups in total.